The zero-order valence-electron chi connectivity index (χ0n) is 11.6. The zero-order valence-corrected chi connectivity index (χ0v) is 11.6. The van der Waals surface area contributed by atoms with E-state index in [1.165, 1.54) is 6.42 Å². The molecule has 1 aromatic carbocycles. The van der Waals surface area contributed by atoms with Crippen molar-refractivity contribution in [3.8, 4) is 0 Å². The van der Waals surface area contributed by atoms with Crippen molar-refractivity contribution in [3.05, 3.63) is 35.4 Å². The van der Waals surface area contributed by atoms with Gasteiger partial charge in [-0.3, -0.25) is 4.79 Å². The molecule has 0 saturated carbocycles. The number of aliphatic hydroxyl groups is 1. The summed E-state index contributed by atoms with van der Waals surface area (Å²) < 4.78 is 0. The van der Waals surface area contributed by atoms with Crippen LogP contribution in [0.5, 0.6) is 0 Å². The number of hydrogen-bond acceptors (Lipinski definition) is 2. The van der Waals surface area contributed by atoms with Crippen LogP contribution in [-0.4, -0.2) is 22.5 Å². The molecule has 0 radical (unpaired) electrons. The van der Waals surface area contributed by atoms with E-state index < -0.39 is 0 Å². The molecule has 1 aliphatic heterocycles. The lowest BCUT2D eigenvalue weighted by molar-refractivity contribution is -0.131. The van der Waals surface area contributed by atoms with Crippen molar-refractivity contribution in [1.29, 1.82) is 0 Å². The molecule has 3 heteroatoms. The Kier molecular flexibility index (Phi) is 4.97. The maximum absolute atomic E-state index is 12.1. The third-order valence-corrected chi connectivity index (χ3v) is 4.08. The molecule has 1 aromatic rings. The molecule has 0 spiro atoms. The first-order valence-corrected chi connectivity index (χ1v) is 7.19. The third kappa shape index (κ3) is 3.80. The number of carbonyl (C=O) groups is 1. The van der Waals surface area contributed by atoms with E-state index in [0.29, 0.717) is 18.9 Å². The molecule has 0 aromatic heterocycles. The molecule has 1 fully saturated rings. The van der Waals surface area contributed by atoms with Crippen LogP contribution in [0.15, 0.2) is 24.3 Å². The molecular formula is C16H23NO2. The lowest BCUT2D eigenvalue weighted by atomic mass is 9.98. The van der Waals surface area contributed by atoms with Crippen LogP contribution in [-0.2, 0) is 17.9 Å². The van der Waals surface area contributed by atoms with Crippen molar-refractivity contribution in [2.24, 2.45) is 5.92 Å². The molecule has 1 N–H and O–H groups in total. The van der Waals surface area contributed by atoms with Crippen LogP contribution in [0.2, 0.25) is 0 Å². The molecule has 1 heterocycles. The molecule has 0 aliphatic carbocycles. The Hall–Kier alpha value is -1.35. The van der Waals surface area contributed by atoms with Crippen molar-refractivity contribution in [2.75, 3.05) is 6.54 Å². The average Bonchev–Trinajstić information content (AvgIpc) is 2.62. The monoisotopic (exact) mass is 261 g/mol. The van der Waals surface area contributed by atoms with E-state index in [1.807, 2.05) is 29.2 Å². The number of hydrogen-bond donors (Lipinski definition) is 1. The highest BCUT2D eigenvalue weighted by Crippen LogP contribution is 2.22. The number of carbonyl (C=O) groups excluding carboxylic acids is 1. The SMILES string of the molecule is CCC1CCC(=O)N(Cc2ccc(CO)cc2)CC1. The summed E-state index contributed by atoms with van der Waals surface area (Å²) in [6, 6.07) is 7.85. The Morgan fingerprint density at radius 2 is 1.89 bits per heavy atom. The molecule has 1 saturated heterocycles. The summed E-state index contributed by atoms with van der Waals surface area (Å²) >= 11 is 0. The Labute approximate surface area is 115 Å². The molecule has 1 unspecified atom stereocenters. The topological polar surface area (TPSA) is 40.5 Å². The molecule has 19 heavy (non-hydrogen) atoms. The minimum Gasteiger partial charge on any atom is -0.392 e. The molecular weight excluding hydrogens is 238 g/mol. The van der Waals surface area contributed by atoms with E-state index in [-0.39, 0.29) is 12.5 Å². The third-order valence-electron chi connectivity index (χ3n) is 4.08. The summed E-state index contributed by atoms with van der Waals surface area (Å²) in [6.07, 6.45) is 4.02. The van der Waals surface area contributed by atoms with Crippen molar-refractivity contribution in [1.82, 2.24) is 4.90 Å². The van der Waals surface area contributed by atoms with Crippen molar-refractivity contribution in [3.63, 3.8) is 0 Å². The largest absolute Gasteiger partial charge is 0.392 e. The Bertz CT molecular complexity index is 413. The van der Waals surface area contributed by atoms with Gasteiger partial charge in [0, 0.05) is 19.5 Å². The number of likely N-dealkylation sites (tertiary alicyclic amines) is 1. The summed E-state index contributed by atoms with van der Waals surface area (Å²) in [5.41, 5.74) is 2.05. The van der Waals surface area contributed by atoms with E-state index in [2.05, 4.69) is 6.92 Å². The molecule has 0 bridgehead atoms. The fourth-order valence-corrected chi connectivity index (χ4v) is 2.64. The van der Waals surface area contributed by atoms with E-state index in [0.717, 1.165) is 30.5 Å². The van der Waals surface area contributed by atoms with Gasteiger partial charge in [0.05, 0.1) is 6.61 Å². The number of aliphatic hydroxyl groups excluding tert-OH is 1. The highest BCUT2D eigenvalue weighted by Gasteiger charge is 2.21. The van der Waals surface area contributed by atoms with Gasteiger partial charge >= 0.3 is 0 Å². The van der Waals surface area contributed by atoms with E-state index in [9.17, 15) is 4.79 Å². The van der Waals surface area contributed by atoms with Gasteiger partial charge in [0.1, 0.15) is 0 Å². The van der Waals surface area contributed by atoms with Gasteiger partial charge in [-0.25, -0.2) is 0 Å². The summed E-state index contributed by atoms with van der Waals surface area (Å²) in [5.74, 6) is 0.980. The maximum Gasteiger partial charge on any atom is 0.222 e. The van der Waals surface area contributed by atoms with Gasteiger partial charge in [-0.2, -0.15) is 0 Å². The molecule has 1 aliphatic rings. The van der Waals surface area contributed by atoms with Gasteiger partial charge in [-0.1, -0.05) is 37.6 Å². The minimum absolute atomic E-state index is 0.0705. The van der Waals surface area contributed by atoms with Crippen molar-refractivity contribution in [2.45, 2.75) is 45.8 Å². The maximum atomic E-state index is 12.1. The Balaban J connectivity index is 1.98. The second kappa shape index (κ2) is 6.71. The molecule has 104 valence electrons. The highest BCUT2D eigenvalue weighted by molar-refractivity contribution is 5.76. The lowest BCUT2D eigenvalue weighted by Crippen LogP contribution is -2.29. The fraction of sp³-hybridized carbons (Fsp3) is 0.562. The van der Waals surface area contributed by atoms with Crippen LogP contribution in [0.1, 0.15) is 43.7 Å². The smallest absolute Gasteiger partial charge is 0.222 e. The quantitative estimate of drug-likeness (QED) is 0.905. The predicted octanol–water partition coefficient (Wildman–Crippen LogP) is 2.72. The highest BCUT2D eigenvalue weighted by atomic mass is 16.3. The summed E-state index contributed by atoms with van der Waals surface area (Å²) in [7, 11) is 0. The van der Waals surface area contributed by atoms with Gasteiger partial charge in [0.2, 0.25) is 5.91 Å². The first-order valence-electron chi connectivity index (χ1n) is 7.19. The lowest BCUT2D eigenvalue weighted by Gasteiger charge is -2.21. The number of amides is 1. The number of benzene rings is 1. The normalized spacial score (nSPS) is 20.4. The minimum atomic E-state index is 0.0705. The molecule has 3 nitrogen and oxygen atoms in total. The number of nitrogens with zero attached hydrogens (tertiary/aromatic N) is 1. The van der Waals surface area contributed by atoms with Crippen LogP contribution >= 0.6 is 0 Å². The van der Waals surface area contributed by atoms with Gasteiger partial charge in [-0.15, -0.1) is 0 Å². The predicted molar refractivity (Wildman–Crippen MR) is 75.4 cm³/mol. The van der Waals surface area contributed by atoms with E-state index in [4.69, 9.17) is 5.11 Å². The Morgan fingerprint density at radius 3 is 2.53 bits per heavy atom. The van der Waals surface area contributed by atoms with Crippen LogP contribution in [0.4, 0.5) is 0 Å². The van der Waals surface area contributed by atoms with E-state index in [1.54, 1.807) is 0 Å². The van der Waals surface area contributed by atoms with Crippen LogP contribution < -0.4 is 0 Å². The average molecular weight is 261 g/mol. The number of rotatable bonds is 4. The molecule has 1 amide bonds. The van der Waals surface area contributed by atoms with Crippen molar-refractivity contribution >= 4 is 5.91 Å². The summed E-state index contributed by atoms with van der Waals surface area (Å²) in [6.45, 7) is 3.85. The van der Waals surface area contributed by atoms with Gasteiger partial charge in [0.15, 0.2) is 0 Å². The van der Waals surface area contributed by atoms with E-state index >= 15 is 0 Å². The second-order valence-electron chi connectivity index (χ2n) is 5.39. The first kappa shape index (κ1) is 14.1. The summed E-state index contributed by atoms with van der Waals surface area (Å²) in [4.78, 5) is 14.1. The molecule has 2 rings (SSSR count). The van der Waals surface area contributed by atoms with Crippen LogP contribution in [0.3, 0.4) is 0 Å². The standard InChI is InChI=1S/C16H23NO2/c1-2-13-7-8-16(19)17(10-9-13)11-14-3-5-15(12-18)6-4-14/h3-6,13,18H,2,7-12H2,1H3. The van der Waals surface area contributed by atoms with Gasteiger partial charge in [-0.05, 0) is 29.9 Å². The zero-order chi connectivity index (χ0) is 13.7. The van der Waals surface area contributed by atoms with Crippen molar-refractivity contribution < 1.29 is 9.90 Å². The summed E-state index contributed by atoms with van der Waals surface area (Å²) in [5, 5.41) is 9.02. The van der Waals surface area contributed by atoms with Gasteiger partial charge in [0.25, 0.3) is 0 Å². The second-order valence-corrected chi connectivity index (χ2v) is 5.39. The molecule has 1 atom stereocenters. The fourth-order valence-electron chi connectivity index (χ4n) is 2.64. The Morgan fingerprint density at radius 1 is 1.21 bits per heavy atom. The first-order chi connectivity index (χ1) is 9.22. The van der Waals surface area contributed by atoms with Crippen LogP contribution in [0.25, 0.3) is 0 Å². The van der Waals surface area contributed by atoms with Gasteiger partial charge < -0.3 is 10.0 Å². The van der Waals surface area contributed by atoms with Crippen LogP contribution in [0, 0.1) is 5.92 Å².